The van der Waals surface area contributed by atoms with Crippen molar-refractivity contribution in [3.05, 3.63) is 53.9 Å². The van der Waals surface area contributed by atoms with Gasteiger partial charge in [0.25, 0.3) is 5.91 Å². The fourth-order valence-corrected chi connectivity index (χ4v) is 2.44. The van der Waals surface area contributed by atoms with Crippen molar-refractivity contribution in [1.82, 2.24) is 9.78 Å². The van der Waals surface area contributed by atoms with Gasteiger partial charge in [-0.15, -0.1) is 0 Å². The molecule has 110 valence electrons. The number of nitrogens with zero attached hydrogens (tertiary/aromatic N) is 4. The van der Waals surface area contributed by atoms with Gasteiger partial charge in [-0.3, -0.25) is 9.48 Å². The van der Waals surface area contributed by atoms with Gasteiger partial charge in [0.1, 0.15) is 5.54 Å². The zero-order valence-corrected chi connectivity index (χ0v) is 12.5. The number of hydrogen-bond donors (Lipinski definition) is 0. The standard InChI is InChI=1S/C17H16N4O/c1-17(2,11-18)21-10-12(9-19-21)7-14-8-13-5-3-4-6-15(13)20-16(14)22/h3-6,8-10,13H,7H2,1-2H3. The van der Waals surface area contributed by atoms with E-state index in [1.807, 2.05) is 36.6 Å². The van der Waals surface area contributed by atoms with Crippen LogP contribution in [0.25, 0.3) is 0 Å². The fraction of sp³-hybridized carbons (Fsp3) is 0.294. The maximum absolute atomic E-state index is 12.1. The molecule has 2 aliphatic rings. The van der Waals surface area contributed by atoms with Gasteiger partial charge >= 0.3 is 0 Å². The van der Waals surface area contributed by atoms with Crippen LogP contribution in [0.2, 0.25) is 0 Å². The quantitative estimate of drug-likeness (QED) is 0.858. The minimum absolute atomic E-state index is 0.0725. The normalized spacial score (nSPS) is 20.2. The van der Waals surface area contributed by atoms with Crippen molar-refractivity contribution >= 4 is 11.6 Å². The van der Waals surface area contributed by atoms with Crippen LogP contribution in [0.1, 0.15) is 19.4 Å². The van der Waals surface area contributed by atoms with Crippen LogP contribution in [-0.2, 0) is 16.8 Å². The van der Waals surface area contributed by atoms with Gasteiger partial charge in [-0.1, -0.05) is 24.3 Å². The average molecular weight is 292 g/mol. The molecule has 5 nitrogen and oxygen atoms in total. The molecule has 1 unspecified atom stereocenters. The summed E-state index contributed by atoms with van der Waals surface area (Å²) in [6, 6.07) is 2.20. The van der Waals surface area contributed by atoms with Gasteiger partial charge in [0.2, 0.25) is 0 Å². The zero-order chi connectivity index (χ0) is 15.7. The molecule has 3 rings (SSSR count). The Balaban J connectivity index is 1.81. The van der Waals surface area contributed by atoms with Crippen molar-refractivity contribution in [2.45, 2.75) is 25.8 Å². The SMILES string of the molecule is CC(C)(C#N)n1cc(CC2=CC3C=CC=CC3=NC2=O)cn1. The highest BCUT2D eigenvalue weighted by Crippen LogP contribution is 2.23. The highest BCUT2D eigenvalue weighted by atomic mass is 16.1. The Morgan fingerprint density at radius 2 is 2.23 bits per heavy atom. The number of aliphatic imine (C=N–C) groups is 1. The Bertz CT molecular complexity index is 784. The molecule has 0 spiro atoms. The zero-order valence-electron chi connectivity index (χ0n) is 12.5. The lowest BCUT2D eigenvalue weighted by Crippen LogP contribution is -2.24. The molecule has 1 atom stereocenters. The van der Waals surface area contributed by atoms with Crippen LogP contribution in [0, 0.1) is 17.2 Å². The molecule has 0 fully saturated rings. The van der Waals surface area contributed by atoms with Crippen LogP contribution >= 0.6 is 0 Å². The summed E-state index contributed by atoms with van der Waals surface area (Å²) in [7, 11) is 0. The first-order chi connectivity index (χ1) is 10.5. The number of dihydropyridines is 1. The maximum atomic E-state index is 12.1. The summed E-state index contributed by atoms with van der Waals surface area (Å²) in [6.45, 7) is 3.59. The van der Waals surface area contributed by atoms with Crippen molar-refractivity contribution in [3.8, 4) is 6.07 Å². The minimum atomic E-state index is -0.703. The van der Waals surface area contributed by atoms with Crippen LogP contribution < -0.4 is 0 Å². The first-order valence-electron chi connectivity index (χ1n) is 7.13. The molecule has 0 bridgehead atoms. The summed E-state index contributed by atoms with van der Waals surface area (Å²) in [5, 5.41) is 13.4. The minimum Gasteiger partial charge on any atom is -0.267 e. The maximum Gasteiger partial charge on any atom is 0.273 e. The van der Waals surface area contributed by atoms with Crippen LogP contribution in [0.5, 0.6) is 0 Å². The van der Waals surface area contributed by atoms with Crippen molar-refractivity contribution in [3.63, 3.8) is 0 Å². The molecule has 0 aromatic carbocycles. The van der Waals surface area contributed by atoms with E-state index in [0.29, 0.717) is 12.0 Å². The van der Waals surface area contributed by atoms with Crippen molar-refractivity contribution in [2.24, 2.45) is 10.9 Å². The molecule has 1 amide bonds. The van der Waals surface area contributed by atoms with Crippen LogP contribution in [0.15, 0.2) is 53.3 Å². The summed E-state index contributed by atoms with van der Waals surface area (Å²) < 4.78 is 1.62. The van der Waals surface area contributed by atoms with Gasteiger partial charge < -0.3 is 0 Å². The largest absolute Gasteiger partial charge is 0.273 e. The number of fused-ring (bicyclic) bond motifs is 1. The Morgan fingerprint density at radius 1 is 1.41 bits per heavy atom. The second kappa shape index (κ2) is 5.23. The number of amides is 1. The molecule has 1 aromatic heterocycles. The molecular formula is C17H16N4O. The van der Waals surface area contributed by atoms with Gasteiger partial charge in [-0.2, -0.15) is 10.4 Å². The number of nitriles is 1. The molecule has 0 saturated carbocycles. The first kappa shape index (κ1) is 14.2. The second-order valence-electron chi connectivity index (χ2n) is 5.94. The van der Waals surface area contributed by atoms with E-state index in [4.69, 9.17) is 5.26 Å². The summed E-state index contributed by atoms with van der Waals surface area (Å²) >= 11 is 0. The lowest BCUT2D eigenvalue weighted by atomic mass is 9.91. The Hall–Kier alpha value is -2.74. The third kappa shape index (κ3) is 2.56. The van der Waals surface area contributed by atoms with Crippen molar-refractivity contribution < 1.29 is 4.79 Å². The molecule has 0 saturated heterocycles. The van der Waals surface area contributed by atoms with Crippen LogP contribution in [0.3, 0.4) is 0 Å². The summed E-state index contributed by atoms with van der Waals surface area (Å²) in [5.41, 5.74) is 1.66. The Morgan fingerprint density at radius 3 is 3.00 bits per heavy atom. The summed E-state index contributed by atoms with van der Waals surface area (Å²) in [6.07, 6.45) is 13.7. The molecule has 1 aromatic rings. The average Bonchev–Trinajstić information content (AvgIpc) is 2.97. The van der Waals surface area contributed by atoms with Crippen molar-refractivity contribution in [2.75, 3.05) is 0 Å². The van der Waals surface area contributed by atoms with Gasteiger partial charge in [0.15, 0.2) is 0 Å². The third-order valence-corrected chi connectivity index (χ3v) is 3.80. The van der Waals surface area contributed by atoms with E-state index in [1.165, 1.54) is 0 Å². The predicted molar refractivity (Wildman–Crippen MR) is 83.2 cm³/mol. The predicted octanol–water partition coefficient (Wildman–Crippen LogP) is 2.33. The van der Waals surface area contributed by atoms with E-state index >= 15 is 0 Å². The van der Waals surface area contributed by atoms with E-state index in [2.05, 4.69) is 16.2 Å². The third-order valence-electron chi connectivity index (χ3n) is 3.80. The molecule has 5 heteroatoms. The van der Waals surface area contributed by atoms with E-state index < -0.39 is 5.54 Å². The van der Waals surface area contributed by atoms with E-state index in [1.54, 1.807) is 24.7 Å². The summed E-state index contributed by atoms with van der Waals surface area (Å²) in [5.74, 6) is -0.123. The molecule has 22 heavy (non-hydrogen) atoms. The molecular weight excluding hydrogens is 276 g/mol. The first-order valence-corrected chi connectivity index (χ1v) is 7.13. The fourth-order valence-electron chi connectivity index (χ4n) is 2.44. The van der Waals surface area contributed by atoms with Gasteiger partial charge in [0.05, 0.1) is 18.0 Å². The van der Waals surface area contributed by atoms with Crippen molar-refractivity contribution in [1.29, 1.82) is 5.26 Å². The lowest BCUT2D eigenvalue weighted by Gasteiger charge is -2.18. The molecule has 1 aliphatic heterocycles. The summed E-state index contributed by atoms with van der Waals surface area (Å²) in [4.78, 5) is 16.3. The highest BCUT2D eigenvalue weighted by molar-refractivity contribution is 6.13. The van der Waals surface area contributed by atoms with Gasteiger partial charge in [-0.25, -0.2) is 4.99 Å². The number of allylic oxidation sites excluding steroid dienone is 5. The lowest BCUT2D eigenvalue weighted by molar-refractivity contribution is -0.114. The molecule has 0 N–H and O–H groups in total. The van der Waals surface area contributed by atoms with Gasteiger partial charge in [-0.05, 0) is 25.5 Å². The number of aromatic nitrogens is 2. The monoisotopic (exact) mass is 292 g/mol. The molecule has 2 heterocycles. The number of carbonyl (C=O) groups is 1. The van der Waals surface area contributed by atoms with Crippen LogP contribution in [-0.4, -0.2) is 21.4 Å². The van der Waals surface area contributed by atoms with E-state index in [9.17, 15) is 4.79 Å². The van der Waals surface area contributed by atoms with E-state index in [0.717, 1.165) is 11.3 Å². The topological polar surface area (TPSA) is 71.0 Å². The second-order valence-corrected chi connectivity index (χ2v) is 5.94. The van der Waals surface area contributed by atoms with Gasteiger partial charge in [0, 0.05) is 24.1 Å². The molecule has 1 aliphatic carbocycles. The smallest absolute Gasteiger partial charge is 0.267 e. The number of rotatable bonds is 3. The number of hydrogen-bond acceptors (Lipinski definition) is 3. The molecule has 0 radical (unpaired) electrons. The van der Waals surface area contributed by atoms with E-state index in [-0.39, 0.29) is 11.8 Å². The highest BCUT2D eigenvalue weighted by Gasteiger charge is 2.24. The Labute approximate surface area is 129 Å². The number of carbonyl (C=O) groups excluding carboxylic acids is 1. The van der Waals surface area contributed by atoms with Crippen LogP contribution in [0.4, 0.5) is 0 Å². The Kier molecular flexibility index (Phi) is 3.38.